The van der Waals surface area contributed by atoms with Crippen LogP contribution in [0, 0.1) is 0 Å². The van der Waals surface area contributed by atoms with Gasteiger partial charge in [0.2, 0.25) is 0 Å². The molecule has 0 radical (unpaired) electrons. The molecule has 43 heavy (non-hydrogen) atoms. The fourth-order valence-electron chi connectivity index (χ4n) is 4.44. The molecule has 0 unspecified atom stereocenters. The van der Waals surface area contributed by atoms with Crippen molar-refractivity contribution in [1.82, 2.24) is 20.7 Å². The minimum absolute atomic E-state index is 0.0761. The van der Waals surface area contributed by atoms with Crippen molar-refractivity contribution in [3.05, 3.63) is 126 Å². The van der Waals surface area contributed by atoms with Crippen LogP contribution in [0.25, 0.3) is 10.8 Å². The number of hydrogen-bond donors (Lipinski definition) is 3. The Morgan fingerprint density at radius 2 is 1.77 bits per heavy atom. The average Bonchev–Trinajstić information content (AvgIpc) is 3.56. The lowest BCUT2D eigenvalue weighted by Gasteiger charge is -2.16. The van der Waals surface area contributed by atoms with Gasteiger partial charge in [-0.15, -0.1) is 0 Å². The molecule has 218 valence electrons. The van der Waals surface area contributed by atoms with E-state index in [0.717, 1.165) is 21.9 Å². The molecule has 0 fully saturated rings. The summed E-state index contributed by atoms with van der Waals surface area (Å²) in [6, 6.07) is 27.9. The van der Waals surface area contributed by atoms with E-state index in [9.17, 15) is 9.59 Å². The summed E-state index contributed by atoms with van der Waals surface area (Å²) in [6.45, 7) is 0.451. The predicted molar refractivity (Wildman–Crippen MR) is 163 cm³/mol. The summed E-state index contributed by atoms with van der Waals surface area (Å²) in [5.41, 5.74) is 5.73. The number of aromatic nitrogens is 2. The van der Waals surface area contributed by atoms with Crippen molar-refractivity contribution in [2.45, 2.75) is 25.7 Å². The number of hydrazone groups is 1. The number of nitrogens with zero attached hydrogens (tertiary/aromatic N) is 2. The van der Waals surface area contributed by atoms with E-state index in [1.165, 1.54) is 12.5 Å². The summed E-state index contributed by atoms with van der Waals surface area (Å²) in [5.74, 6) is 0.578. The van der Waals surface area contributed by atoms with Gasteiger partial charge < -0.3 is 24.5 Å². The summed E-state index contributed by atoms with van der Waals surface area (Å²) >= 11 is 0. The first kappa shape index (κ1) is 28.9. The molecular weight excluding hydrogens is 546 g/mol. The Kier molecular flexibility index (Phi) is 9.61. The van der Waals surface area contributed by atoms with Crippen LogP contribution in [0.3, 0.4) is 0 Å². The Hall–Kier alpha value is -5.64. The van der Waals surface area contributed by atoms with Gasteiger partial charge in [0, 0.05) is 18.3 Å². The highest BCUT2D eigenvalue weighted by molar-refractivity contribution is 5.88. The van der Waals surface area contributed by atoms with Gasteiger partial charge in [0.25, 0.3) is 5.91 Å². The van der Waals surface area contributed by atoms with Gasteiger partial charge in [0.05, 0.1) is 19.7 Å². The van der Waals surface area contributed by atoms with E-state index in [-0.39, 0.29) is 13.0 Å². The summed E-state index contributed by atoms with van der Waals surface area (Å²) in [4.78, 5) is 32.4. The highest BCUT2D eigenvalue weighted by Gasteiger charge is 2.22. The zero-order valence-electron chi connectivity index (χ0n) is 23.5. The number of fused-ring (bicyclic) bond motifs is 1. The average molecular weight is 578 g/mol. The maximum absolute atomic E-state index is 13.0. The lowest BCUT2D eigenvalue weighted by Crippen LogP contribution is -2.47. The number of alkyl carbamates (subject to hydrolysis) is 1. The van der Waals surface area contributed by atoms with E-state index >= 15 is 0 Å². The largest absolute Gasteiger partial charge is 0.493 e. The van der Waals surface area contributed by atoms with Gasteiger partial charge >= 0.3 is 6.09 Å². The van der Waals surface area contributed by atoms with Gasteiger partial charge in [-0.25, -0.2) is 15.2 Å². The highest BCUT2D eigenvalue weighted by atomic mass is 16.5. The molecule has 10 nitrogen and oxygen atoms in total. The number of benzene rings is 4. The fraction of sp³-hybridized carbons (Fsp3) is 0.152. The van der Waals surface area contributed by atoms with Gasteiger partial charge in [0.15, 0.2) is 11.5 Å². The molecule has 0 aliphatic carbocycles. The summed E-state index contributed by atoms with van der Waals surface area (Å²) < 4.78 is 16.9. The molecule has 5 rings (SSSR count). The number of H-pyrrole nitrogens is 1. The number of amides is 2. The Morgan fingerprint density at radius 1 is 0.953 bits per heavy atom. The summed E-state index contributed by atoms with van der Waals surface area (Å²) in [5, 5.41) is 8.97. The van der Waals surface area contributed by atoms with Crippen LogP contribution in [0.1, 0.15) is 22.4 Å². The number of carbonyl (C=O) groups is 2. The third kappa shape index (κ3) is 7.98. The summed E-state index contributed by atoms with van der Waals surface area (Å²) in [7, 11) is 1.56. The van der Waals surface area contributed by atoms with Gasteiger partial charge in [0.1, 0.15) is 19.3 Å². The van der Waals surface area contributed by atoms with E-state index in [1.54, 1.807) is 31.5 Å². The maximum atomic E-state index is 13.0. The summed E-state index contributed by atoms with van der Waals surface area (Å²) in [6.07, 6.45) is 4.00. The molecule has 10 heteroatoms. The zero-order valence-corrected chi connectivity index (χ0v) is 23.5. The first-order valence-electron chi connectivity index (χ1n) is 13.6. The predicted octanol–water partition coefficient (Wildman–Crippen LogP) is 5.14. The number of methoxy groups -OCH3 is 1. The van der Waals surface area contributed by atoms with Gasteiger partial charge in [-0.2, -0.15) is 5.10 Å². The maximum Gasteiger partial charge on any atom is 0.408 e. The molecule has 5 aromatic rings. The van der Waals surface area contributed by atoms with Crippen LogP contribution >= 0.6 is 0 Å². The van der Waals surface area contributed by atoms with Crippen LogP contribution in [0.4, 0.5) is 4.79 Å². The Labute approximate surface area is 248 Å². The van der Waals surface area contributed by atoms with Crippen LogP contribution < -0.4 is 20.2 Å². The second-order valence-corrected chi connectivity index (χ2v) is 9.61. The van der Waals surface area contributed by atoms with Crippen LogP contribution in [0.5, 0.6) is 11.5 Å². The van der Waals surface area contributed by atoms with E-state index in [0.29, 0.717) is 29.4 Å². The van der Waals surface area contributed by atoms with Crippen molar-refractivity contribution in [3.8, 4) is 11.5 Å². The van der Waals surface area contributed by atoms with E-state index in [4.69, 9.17) is 14.2 Å². The van der Waals surface area contributed by atoms with Crippen molar-refractivity contribution >= 4 is 29.0 Å². The van der Waals surface area contributed by atoms with Crippen molar-refractivity contribution < 1.29 is 23.8 Å². The molecule has 2 amide bonds. The normalized spacial score (nSPS) is 11.7. The monoisotopic (exact) mass is 577 g/mol. The van der Waals surface area contributed by atoms with Crippen LogP contribution in [0.15, 0.2) is 109 Å². The van der Waals surface area contributed by atoms with Gasteiger partial charge in [-0.1, -0.05) is 72.8 Å². The molecule has 0 aliphatic heterocycles. The van der Waals surface area contributed by atoms with Crippen molar-refractivity contribution in [1.29, 1.82) is 0 Å². The molecule has 4 aromatic carbocycles. The number of aromatic amines is 1. The first-order chi connectivity index (χ1) is 21.1. The lowest BCUT2D eigenvalue weighted by molar-refractivity contribution is -0.123. The highest BCUT2D eigenvalue weighted by Crippen LogP contribution is 2.29. The topological polar surface area (TPSA) is 127 Å². The zero-order chi connectivity index (χ0) is 29.9. The minimum Gasteiger partial charge on any atom is -0.493 e. The standard InChI is InChI=1S/C33H31N5O5/c1-41-31-16-24(14-15-30(31)42-21-26-12-7-11-25-10-5-6-13-28(25)26)18-36-38-32(39)29(17-27-19-34-22-35-27)37-33(40)43-20-23-8-3-2-4-9-23/h2-16,18-19,22,29H,17,20-21H2,1H3,(H,34,35)(H,37,40)(H,38,39)/b36-18-/t29-/m1/s1. The van der Waals surface area contributed by atoms with Crippen LogP contribution in [-0.4, -0.2) is 41.3 Å². The number of imidazole rings is 1. The molecule has 1 aromatic heterocycles. The molecular formula is C33H31N5O5. The van der Waals surface area contributed by atoms with Crippen LogP contribution in [0.2, 0.25) is 0 Å². The third-order valence-corrected chi connectivity index (χ3v) is 6.64. The van der Waals surface area contributed by atoms with Crippen molar-refractivity contribution in [3.63, 3.8) is 0 Å². The van der Waals surface area contributed by atoms with Gasteiger partial charge in [-0.3, -0.25) is 4.79 Å². The van der Waals surface area contributed by atoms with Crippen molar-refractivity contribution in [2.75, 3.05) is 7.11 Å². The number of nitrogens with one attached hydrogen (secondary N) is 3. The lowest BCUT2D eigenvalue weighted by atomic mass is 10.1. The van der Waals surface area contributed by atoms with E-state index in [2.05, 4.69) is 44.0 Å². The minimum atomic E-state index is -0.958. The molecule has 0 spiro atoms. The molecule has 0 saturated heterocycles. The van der Waals surface area contributed by atoms with Crippen LogP contribution in [-0.2, 0) is 29.2 Å². The van der Waals surface area contributed by atoms with E-state index < -0.39 is 18.0 Å². The SMILES string of the molecule is COc1cc(/C=N\NC(=O)[C@@H](Cc2cnc[nH]2)NC(=O)OCc2ccccc2)ccc1OCc1cccc2ccccc12. The molecule has 3 N–H and O–H groups in total. The fourth-order valence-corrected chi connectivity index (χ4v) is 4.44. The second-order valence-electron chi connectivity index (χ2n) is 9.61. The van der Waals surface area contributed by atoms with Crippen molar-refractivity contribution in [2.24, 2.45) is 5.10 Å². The molecule has 1 atom stereocenters. The number of rotatable bonds is 12. The second kappa shape index (κ2) is 14.3. The van der Waals surface area contributed by atoms with E-state index in [1.807, 2.05) is 54.6 Å². The molecule has 0 saturated carbocycles. The molecule has 1 heterocycles. The number of carbonyl (C=O) groups excluding carboxylic acids is 2. The molecule has 0 bridgehead atoms. The smallest absolute Gasteiger partial charge is 0.408 e. The molecule has 0 aliphatic rings. The Morgan fingerprint density at radius 3 is 2.58 bits per heavy atom. The third-order valence-electron chi connectivity index (χ3n) is 6.64. The quantitative estimate of drug-likeness (QED) is 0.139. The van der Waals surface area contributed by atoms with Gasteiger partial charge in [-0.05, 0) is 45.7 Å². The Balaban J connectivity index is 1.19. The number of ether oxygens (including phenoxy) is 3. The first-order valence-corrected chi connectivity index (χ1v) is 13.6. The Bertz CT molecular complexity index is 1680. The number of hydrogen-bond acceptors (Lipinski definition) is 7.